The third kappa shape index (κ3) is 5.46. The van der Waals surface area contributed by atoms with Gasteiger partial charge in [0.25, 0.3) is 0 Å². The summed E-state index contributed by atoms with van der Waals surface area (Å²) < 4.78 is 60.1. The number of methoxy groups -OCH3 is 1. The SMILES string of the molecule is COC(=O)[C@@H](Nn1ncc(N2CCn3c(C(=O)c4ccc(F)cc4C(F)(F)F)cnc3C2)c(Cl)c1=O)C(C)C. The number of ketones is 1. The molecule has 1 aliphatic rings. The van der Waals surface area contributed by atoms with Crippen LogP contribution in [0.15, 0.2) is 35.4 Å². The van der Waals surface area contributed by atoms with Gasteiger partial charge in [-0.05, 0) is 24.1 Å². The smallest absolute Gasteiger partial charge is 0.417 e. The number of ether oxygens (including phenoxy) is 1. The fourth-order valence-electron chi connectivity index (χ4n) is 4.20. The van der Waals surface area contributed by atoms with Crippen molar-refractivity contribution in [3.05, 3.63) is 74.4 Å². The van der Waals surface area contributed by atoms with E-state index in [-0.39, 0.29) is 48.0 Å². The summed E-state index contributed by atoms with van der Waals surface area (Å²) in [5.41, 5.74) is 0.0809. The van der Waals surface area contributed by atoms with Crippen molar-refractivity contribution in [3.8, 4) is 0 Å². The van der Waals surface area contributed by atoms with Gasteiger partial charge in [0.05, 0.1) is 37.3 Å². The van der Waals surface area contributed by atoms with E-state index in [4.69, 9.17) is 16.3 Å². The molecule has 39 heavy (non-hydrogen) atoms. The first-order valence-corrected chi connectivity index (χ1v) is 12.0. The van der Waals surface area contributed by atoms with Crippen molar-refractivity contribution in [1.29, 1.82) is 0 Å². The van der Waals surface area contributed by atoms with Crippen molar-refractivity contribution < 1.29 is 31.9 Å². The van der Waals surface area contributed by atoms with Crippen LogP contribution in [0.25, 0.3) is 0 Å². The van der Waals surface area contributed by atoms with E-state index in [0.717, 1.165) is 23.1 Å². The van der Waals surface area contributed by atoms with Gasteiger partial charge < -0.3 is 14.2 Å². The number of fused-ring (bicyclic) bond motifs is 1. The van der Waals surface area contributed by atoms with Crippen molar-refractivity contribution in [2.24, 2.45) is 5.92 Å². The number of benzene rings is 1. The lowest BCUT2D eigenvalue weighted by Crippen LogP contribution is -2.45. The van der Waals surface area contributed by atoms with Crippen LogP contribution < -0.4 is 15.9 Å². The van der Waals surface area contributed by atoms with Crippen molar-refractivity contribution in [2.45, 2.75) is 39.2 Å². The minimum atomic E-state index is -4.93. The first-order valence-electron chi connectivity index (χ1n) is 11.7. The van der Waals surface area contributed by atoms with Gasteiger partial charge in [0.15, 0.2) is 0 Å². The number of esters is 1. The Morgan fingerprint density at radius 3 is 2.54 bits per heavy atom. The fraction of sp³-hybridized carbons (Fsp3) is 0.375. The number of alkyl halides is 3. The zero-order valence-corrected chi connectivity index (χ0v) is 21.7. The number of hydrogen-bond donors (Lipinski definition) is 1. The molecule has 0 radical (unpaired) electrons. The van der Waals surface area contributed by atoms with Gasteiger partial charge in [0, 0.05) is 18.7 Å². The average molecular weight is 571 g/mol. The highest BCUT2D eigenvalue weighted by Gasteiger charge is 2.37. The van der Waals surface area contributed by atoms with E-state index in [1.807, 2.05) is 0 Å². The van der Waals surface area contributed by atoms with Gasteiger partial charge in [-0.2, -0.15) is 18.3 Å². The Balaban J connectivity index is 1.59. The molecule has 1 aliphatic heterocycles. The van der Waals surface area contributed by atoms with E-state index in [9.17, 15) is 31.9 Å². The molecule has 0 saturated heterocycles. The molecule has 1 atom stereocenters. The Morgan fingerprint density at radius 2 is 1.90 bits per heavy atom. The molecule has 0 amide bonds. The lowest BCUT2D eigenvalue weighted by atomic mass is 10.0. The second-order valence-corrected chi connectivity index (χ2v) is 9.46. The molecule has 0 spiro atoms. The summed E-state index contributed by atoms with van der Waals surface area (Å²) in [5, 5.41) is 3.87. The second kappa shape index (κ2) is 10.7. The molecule has 15 heteroatoms. The van der Waals surface area contributed by atoms with Gasteiger partial charge in [-0.3, -0.25) is 15.0 Å². The maximum Gasteiger partial charge on any atom is 0.417 e. The van der Waals surface area contributed by atoms with Gasteiger partial charge in [-0.25, -0.2) is 14.2 Å². The first-order chi connectivity index (χ1) is 18.3. The third-order valence-corrected chi connectivity index (χ3v) is 6.61. The maximum atomic E-state index is 13.5. The Kier molecular flexibility index (Phi) is 7.68. The molecular formula is C24H23ClF4N6O4. The summed E-state index contributed by atoms with van der Waals surface area (Å²) in [4.78, 5) is 44.7. The van der Waals surface area contributed by atoms with Crippen LogP contribution in [0.2, 0.25) is 5.02 Å². The number of anilines is 1. The van der Waals surface area contributed by atoms with Crippen LogP contribution in [0, 0.1) is 11.7 Å². The highest BCUT2D eigenvalue weighted by Crippen LogP contribution is 2.34. The monoisotopic (exact) mass is 570 g/mol. The third-order valence-electron chi connectivity index (χ3n) is 6.25. The number of aromatic nitrogens is 4. The van der Waals surface area contributed by atoms with E-state index < -0.39 is 46.5 Å². The van der Waals surface area contributed by atoms with Crippen molar-refractivity contribution in [1.82, 2.24) is 19.4 Å². The van der Waals surface area contributed by atoms with Gasteiger partial charge in [-0.15, -0.1) is 4.79 Å². The summed E-state index contributed by atoms with van der Waals surface area (Å²) in [6.45, 7) is 3.93. The molecular weight excluding hydrogens is 548 g/mol. The number of hydrogen-bond acceptors (Lipinski definition) is 8. The number of imidazole rings is 1. The fourth-order valence-corrected chi connectivity index (χ4v) is 4.45. The van der Waals surface area contributed by atoms with Crippen LogP contribution in [0.1, 0.15) is 41.3 Å². The van der Waals surface area contributed by atoms with E-state index >= 15 is 0 Å². The van der Waals surface area contributed by atoms with Crippen molar-refractivity contribution in [3.63, 3.8) is 0 Å². The molecule has 208 valence electrons. The normalized spacial score (nSPS) is 14.2. The minimum Gasteiger partial charge on any atom is -0.467 e. The maximum absolute atomic E-state index is 13.5. The summed E-state index contributed by atoms with van der Waals surface area (Å²) in [5.74, 6) is -2.55. The van der Waals surface area contributed by atoms with Crippen LogP contribution in [0.5, 0.6) is 0 Å². The average Bonchev–Trinajstić information content (AvgIpc) is 3.31. The standard InChI is InChI=1S/C24H23ClF4N6O4/c1-12(2)20(23(38)39-3)32-35-22(37)19(25)16(10-31-35)33-6-7-34-17(9-30-18(34)11-33)21(36)14-5-4-13(26)8-15(14)24(27,28)29/h4-5,8-10,12,20,32H,6-7,11H2,1-3H3/t20-/m0/s1. The number of carbonyl (C=O) groups is 2. The molecule has 3 aromatic rings. The summed E-state index contributed by atoms with van der Waals surface area (Å²) in [6, 6.07) is 1.01. The quantitative estimate of drug-likeness (QED) is 0.262. The molecule has 0 unspecified atom stereocenters. The zero-order chi connectivity index (χ0) is 28.6. The molecule has 0 bridgehead atoms. The number of carbonyl (C=O) groups excluding carboxylic acids is 2. The topological polar surface area (TPSA) is 111 Å². The number of nitrogens with zero attached hydrogens (tertiary/aromatic N) is 5. The predicted molar refractivity (Wildman–Crippen MR) is 132 cm³/mol. The Morgan fingerprint density at radius 1 is 1.18 bits per heavy atom. The van der Waals surface area contributed by atoms with E-state index in [0.29, 0.717) is 5.82 Å². The van der Waals surface area contributed by atoms with Gasteiger partial charge >= 0.3 is 17.7 Å². The molecule has 0 fully saturated rings. The lowest BCUT2D eigenvalue weighted by molar-refractivity contribution is -0.143. The van der Waals surface area contributed by atoms with E-state index in [2.05, 4.69) is 15.5 Å². The molecule has 0 saturated carbocycles. The van der Waals surface area contributed by atoms with Crippen LogP contribution in [-0.2, 0) is 28.8 Å². The summed E-state index contributed by atoms with van der Waals surface area (Å²) in [7, 11) is 1.22. The van der Waals surface area contributed by atoms with Crippen molar-refractivity contribution in [2.75, 3.05) is 24.0 Å². The minimum absolute atomic E-state index is 0.0673. The van der Waals surface area contributed by atoms with Gasteiger partial charge in [0.1, 0.15) is 28.4 Å². The Labute approximate surface area is 224 Å². The summed E-state index contributed by atoms with van der Waals surface area (Å²) in [6.07, 6.45) is -2.45. The molecule has 1 aromatic carbocycles. The molecule has 1 N–H and O–H groups in total. The zero-order valence-electron chi connectivity index (χ0n) is 20.9. The molecule has 4 rings (SSSR count). The van der Waals surface area contributed by atoms with Crippen LogP contribution in [0.3, 0.4) is 0 Å². The summed E-state index contributed by atoms with van der Waals surface area (Å²) >= 11 is 6.35. The highest BCUT2D eigenvalue weighted by molar-refractivity contribution is 6.33. The van der Waals surface area contributed by atoms with Crippen LogP contribution in [-0.4, -0.2) is 50.9 Å². The first kappa shape index (κ1) is 28.1. The molecule has 0 aliphatic carbocycles. The number of nitrogens with one attached hydrogen (secondary N) is 1. The Hall–Kier alpha value is -3.94. The second-order valence-electron chi connectivity index (χ2n) is 9.08. The van der Waals surface area contributed by atoms with Gasteiger partial charge in [-0.1, -0.05) is 25.4 Å². The number of halogens is 5. The van der Waals surface area contributed by atoms with Gasteiger partial charge in [0.2, 0.25) is 5.78 Å². The predicted octanol–water partition coefficient (Wildman–Crippen LogP) is 3.24. The number of rotatable bonds is 7. The lowest BCUT2D eigenvalue weighted by Gasteiger charge is -2.30. The molecule has 2 aromatic heterocycles. The van der Waals surface area contributed by atoms with E-state index in [1.54, 1.807) is 18.7 Å². The van der Waals surface area contributed by atoms with E-state index in [1.165, 1.54) is 17.9 Å². The van der Waals surface area contributed by atoms with Crippen molar-refractivity contribution >= 4 is 29.0 Å². The molecule has 10 nitrogen and oxygen atoms in total. The largest absolute Gasteiger partial charge is 0.467 e. The molecule has 3 heterocycles. The highest BCUT2D eigenvalue weighted by atomic mass is 35.5. The van der Waals surface area contributed by atoms with Crippen LogP contribution >= 0.6 is 11.6 Å². The van der Waals surface area contributed by atoms with Crippen LogP contribution in [0.4, 0.5) is 23.2 Å². The Bertz CT molecular complexity index is 1490.